The second-order valence-electron chi connectivity index (χ2n) is 2.96. The summed E-state index contributed by atoms with van der Waals surface area (Å²) in [5.41, 5.74) is 0.888. The third-order valence-electron chi connectivity index (χ3n) is 2.15. The monoisotopic (exact) mass is 190 g/mol. The largest absolute Gasteiger partial charge is 0.454 e. The zero-order valence-corrected chi connectivity index (χ0v) is 7.78. The number of nitriles is 1. The molecule has 0 spiro atoms. The summed E-state index contributed by atoms with van der Waals surface area (Å²) >= 11 is 0. The van der Waals surface area contributed by atoms with Crippen molar-refractivity contribution >= 4 is 0 Å². The molecule has 0 saturated carbocycles. The first-order valence-corrected chi connectivity index (χ1v) is 4.31. The Morgan fingerprint density at radius 1 is 1.43 bits per heavy atom. The van der Waals surface area contributed by atoms with E-state index in [-0.39, 0.29) is 12.8 Å². The van der Waals surface area contributed by atoms with Crippen LogP contribution in [0.3, 0.4) is 0 Å². The van der Waals surface area contributed by atoms with E-state index in [1.165, 1.54) is 0 Å². The highest BCUT2D eigenvalue weighted by Gasteiger charge is 2.16. The van der Waals surface area contributed by atoms with Gasteiger partial charge in [0, 0.05) is 0 Å². The molecule has 0 amide bonds. The van der Waals surface area contributed by atoms with Gasteiger partial charge in [-0.05, 0) is 24.7 Å². The molecule has 0 aliphatic carbocycles. The normalized spacial score (nSPS) is 14.9. The van der Waals surface area contributed by atoms with Crippen LogP contribution in [0.5, 0.6) is 11.5 Å². The maximum Gasteiger partial charge on any atom is 0.231 e. The Morgan fingerprint density at radius 2 is 2.21 bits per heavy atom. The van der Waals surface area contributed by atoms with Crippen molar-refractivity contribution in [1.29, 1.82) is 5.26 Å². The highest BCUT2D eigenvalue weighted by Crippen LogP contribution is 2.33. The highest BCUT2D eigenvalue weighted by atomic mass is 16.7. The third kappa shape index (κ3) is 1.38. The molecule has 4 heteroatoms. The zero-order valence-electron chi connectivity index (χ0n) is 7.78. The molecule has 0 bridgehead atoms. The first-order valence-electron chi connectivity index (χ1n) is 4.31. The maximum absolute atomic E-state index is 8.84. The number of rotatable bonds is 2. The van der Waals surface area contributed by atoms with Crippen LogP contribution in [0.15, 0.2) is 18.2 Å². The van der Waals surface area contributed by atoms with E-state index in [4.69, 9.17) is 14.7 Å². The molecule has 72 valence electrons. The SMILES string of the molecule is CNC(C#N)c1ccc2c(c1)OCO2. The summed E-state index contributed by atoms with van der Waals surface area (Å²) in [6.45, 7) is 0.259. The fourth-order valence-electron chi connectivity index (χ4n) is 1.40. The first kappa shape index (κ1) is 8.85. The van der Waals surface area contributed by atoms with Crippen LogP contribution in [-0.4, -0.2) is 13.8 Å². The fourth-order valence-corrected chi connectivity index (χ4v) is 1.40. The number of nitrogens with one attached hydrogen (secondary N) is 1. The topological polar surface area (TPSA) is 54.3 Å². The Labute approximate surface area is 82.1 Å². The van der Waals surface area contributed by atoms with E-state index >= 15 is 0 Å². The minimum Gasteiger partial charge on any atom is -0.454 e. The van der Waals surface area contributed by atoms with E-state index < -0.39 is 0 Å². The molecule has 0 radical (unpaired) electrons. The molecular formula is C10H10N2O2. The summed E-state index contributed by atoms with van der Waals surface area (Å²) in [5.74, 6) is 1.44. The molecule has 1 atom stereocenters. The quantitative estimate of drug-likeness (QED) is 0.761. The molecule has 0 saturated heterocycles. The molecule has 0 fully saturated rings. The van der Waals surface area contributed by atoms with Crippen LogP contribution < -0.4 is 14.8 Å². The number of nitrogens with zero attached hydrogens (tertiary/aromatic N) is 1. The fraction of sp³-hybridized carbons (Fsp3) is 0.300. The predicted molar refractivity (Wildman–Crippen MR) is 50.0 cm³/mol. The summed E-state index contributed by atoms with van der Waals surface area (Å²) in [6.07, 6.45) is 0. The molecule has 4 nitrogen and oxygen atoms in total. The van der Waals surface area contributed by atoms with E-state index in [0.29, 0.717) is 5.75 Å². The first-order chi connectivity index (χ1) is 6.85. The van der Waals surface area contributed by atoms with Crippen LogP contribution in [0.4, 0.5) is 0 Å². The summed E-state index contributed by atoms with van der Waals surface area (Å²) in [5, 5.41) is 11.7. The van der Waals surface area contributed by atoms with Crippen molar-refractivity contribution in [3.63, 3.8) is 0 Å². The molecule has 1 aromatic carbocycles. The standard InChI is InChI=1S/C10H10N2O2/c1-12-8(5-11)7-2-3-9-10(4-7)14-6-13-9/h2-4,8,12H,6H2,1H3. The van der Waals surface area contributed by atoms with Crippen LogP contribution >= 0.6 is 0 Å². The van der Waals surface area contributed by atoms with Gasteiger partial charge < -0.3 is 14.8 Å². The number of ether oxygens (including phenoxy) is 2. The van der Waals surface area contributed by atoms with Crippen LogP contribution in [0, 0.1) is 11.3 Å². The molecule has 14 heavy (non-hydrogen) atoms. The van der Waals surface area contributed by atoms with Crippen molar-refractivity contribution < 1.29 is 9.47 Å². The lowest BCUT2D eigenvalue weighted by atomic mass is 10.1. The molecule has 0 aromatic heterocycles. The second-order valence-corrected chi connectivity index (χ2v) is 2.96. The molecular weight excluding hydrogens is 180 g/mol. The van der Waals surface area contributed by atoms with E-state index in [1.54, 1.807) is 7.05 Å². The molecule has 1 aromatic rings. The highest BCUT2D eigenvalue weighted by molar-refractivity contribution is 5.46. The molecule has 1 heterocycles. The van der Waals surface area contributed by atoms with Crippen molar-refractivity contribution in [2.75, 3.05) is 13.8 Å². The van der Waals surface area contributed by atoms with E-state index in [1.807, 2.05) is 18.2 Å². The molecule has 1 aliphatic rings. The Balaban J connectivity index is 2.33. The Morgan fingerprint density at radius 3 is 2.93 bits per heavy atom. The molecule has 2 rings (SSSR count). The molecule has 1 unspecified atom stereocenters. The number of hydrogen-bond donors (Lipinski definition) is 1. The van der Waals surface area contributed by atoms with Gasteiger partial charge in [-0.15, -0.1) is 0 Å². The number of hydrogen-bond acceptors (Lipinski definition) is 4. The van der Waals surface area contributed by atoms with Gasteiger partial charge in [0.05, 0.1) is 6.07 Å². The van der Waals surface area contributed by atoms with Gasteiger partial charge in [-0.1, -0.05) is 6.07 Å². The Kier molecular flexibility index (Phi) is 2.25. The van der Waals surface area contributed by atoms with Crippen molar-refractivity contribution in [2.24, 2.45) is 0 Å². The van der Waals surface area contributed by atoms with Gasteiger partial charge in [0.15, 0.2) is 11.5 Å². The van der Waals surface area contributed by atoms with Gasteiger partial charge in [-0.25, -0.2) is 0 Å². The van der Waals surface area contributed by atoms with Gasteiger partial charge in [0.25, 0.3) is 0 Å². The average Bonchev–Trinajstić information content (AvgIpc) is 2.66. The van der Waals surface area contributed by atoms with Gasteiger partial charge >= 0.3 is 0 Å². The lowest BCUT2D eigenvalue weighted by Crippen LogP contribution is -2.13. The smallest absolute Gasteiger partial charge is 0.231 e. The van der Waals surface area contributed by atoms with Crippen molar-refractivity contribution in [3.8, 4) is 17.6 Å². The maximum atomic E-state index is 8.84. The van der Waals surface area contributed by atoms with Crippen LogP contribution in [0.1, 0.15) is 11.6 Å². The lowest BCUT2D eigenvalue weighted by molar-refractivity contribution is 0.174. The minimum absolute atomic E-state index is 0.259. The van der Waals surface area contributed by atoms with E-state index in [0.717, 1.165) is 11.3 Å². The minimum atomic E-state index is -0.301. The van der Waals surface area contributed by atoms with Gasteiger partial charge in [-0.2, -0.15) is 5.26 Å². The van der Waals surface area contributed by atoms with Crippen LogP contribution in [0.2, 0.25) is 0 Å². The number of fused-ring (bicyclic) bond motifs is 1. The average molecular weight is 190 g/mol. The molecule has 1 N–H and O–H groups in total. The van der Waals surface area contributed by atoms with E-state index in [9.17, 15) is 0 Å². The Hall–Kier alpha value is -1.73. The summed E-state index contributed by atoms with van der Waals surface area (Å²) in [7, 11) is 1.75. The van der Waals surface area contributed by atoms with Gasteiger partial charge in [0.2, 0.25) is 6.79 Å². The zero-order chi connectivity index (χ0) is 9.97. The van der Waals surface area contributed by atoms with Gasteiger partial charge in [-0.3, -0.25) is 0 Å². The lowest BCUT2D eigenvalue weighted by Gasteiger charge is -2.07. The molecule has 1 aliphatic heterocycles. The second kappa shape index (κ2) is 3.56. The Bertz CT molecular complexity index is 384. The predicted octanol–water partition coefficient (Wildman–Crippen LogP) is 1.20. The van der Waals surface area contributed by atoms with Crippen molar-refractivity contribution in [2.45, 2.75) is 6.04 Å². The van der Waals surface area contributed by atoms with Crippen LogP contribution in [0.25, 0.3) is 0 Å². The van der Waals surface area contributed by atoms with Crippen LogP contribution in [-0.2, 0) is 0 Å². The van der Waals surface area contributed by atoms with E-state index in [2.05, 4.69) is 11.4 Å². The summed E-state index contributed by atoms with van der Waals surface area (Å²) in [4.78, 5) is 0. The summed E-state index contributed by atoms with van der Waals surface area (Å²) < 4.78 is 10.4. The van der Waals surface area contributed by atoms with Crippen molar-refractivity contribution in [1.82, 2.24) is 5.32 Å². The summed E-state index contributed by atoms with van der Waals surface area (Å²) in [6, 6.07) is 7.35. The van der Waals surface area contributed by atoms with Gasteiger partial charge in [0.1, 0.15) is 6.04 Å². The third-order valence-corrected chi connectivity index (χ3v) is 2.15. The number of benzene rings is 1. The van der Waals surface area contributed by atoms with Crippen molar-refractivity contribution in [3.05, 3.63) is 23.8 Å².